The van der Waals surface area contributed by atoms with Crippen LogP contribution in [0.2, 0.25) is 0 Å². The van der Waals surface area contributed by atoms with Gasteiger partial charge in [0.2, 0.25) is 10.7 Å². The number of carboxylic acids is 1. The first kappa shape index (κ1) is 23.3. The Morgan fingerprint density at radius 1 is 1.39 bits per heavy atom. The summed E-state index contributed by atoms with van der Waals surface area (Å²) in [5.41, 5.74) is 0.667. The lowest BCUT2D eigenvalue weighted by Gasteiger charge is -2.49. The number of hydrogen-bond donors (Lipinski definition) is 5. The van der Waals surface area contributed by atoms with Crippen LogP contribution in [0.1, 0.15) is 11.5 Å². The van der Waals surface area contributed by atoms with Crippen molar-refractivity contribution in [3.63, 3.8) is 0 Å². The molecule has 0 spiro atoms. The van der Waals surface area contributed by atoms with Crippen molar-refractivity contribution in [3.8, 4) is 0 Å². The van der Waals surface area contributed by atoms with Gasteiger partial charge in [-0.1, -0.05) is 11.8 Å². The van der Waals surface area contributed by atoms with Gasteiger partial charge in [-0.15, -0.1) is 33.3 Å². The van der Waals surface area contributed by atoms with Crippen molar-refractivity contribution in [2.24, 2.45) is 7.05 Å². The molecule has 4 rings (SSSR count). The van der Waals surface area contributed by atoms with E-state index in [4.69, 9.17) is 5.41 Å². The summed E-state index contributed by atoms with van der Waals surface area (Å²) in [6.45, 7) is -0.269. The van der Waals surface area contributed by atoms with E-state index in [9.17, 15) is 29.8 Å². The number of amides is 2. The van der Waals surface area contributed by atoms with Gasteiger partial charge in [0.05, 0.1) is 12.1 Å². The number of aliphatic carboxylic acids is 1. The molecular formula is C17H19N7O6S3. The number of carbonyl (C=O) groups is 3. The third kappa shape index (κ3) is 4.25. The Bertz CT molecular complexity index is 1220. The number of thiazole rings is 1. The molecule has 0 aromatic carbocycles. The van der Waals surface area contributed by atoms with Crippen molar-refractivity contribution in [1.29, 1.82) is 5.41 Å². The lowest BCUT2D eigenvalue weighted by atomic mass is 10.0. The van der Waals surface area contributed by atoms with Gasteiger partial charge in [-0.3, -0.25) is 19.9 Å². The van der Waals surface area contributed by atoms with Gasteiger partial charge in [0.15, 0.2) is 11.0 Å². The Kier molecular flexibility index (Phi) is 6.51. The lowest BCUT2D eigenvalue weighted by Crippen LogP contribution is -2.70. The van der Waals surface area contributed by atoms with Gasteiger partial charge in [-0.05, 0) is 5.57 Å². The Morgan fingerprint density at radius 3 is 2.76 bits per heavy atom. The van der Waals surface area contributed by atoms with Crippen LogP contribution < -0.4 is 10.1 Å². The number of β-lactam (4-membered cyclic amide) rings is 1. The summed E-state index contributed by atoms with van der Waals surface area (Å²) >= 11 is 3.57. The molecule has 13 nitrogen and oxygen atoms in total. The molecule has 176 valence electrons. The van der Waals surface area contributed by atoms with Gasteiger partial charge in [0.1, 0.15) is 23.7 Å². The molecule has 1 saturated heterocycles. The number of nitrogens with one attached hydrogen (secondary N) is 2. The number of fused-ring (bicyclic) bond motifs is 1. The van der Waals surface area contributed by atoms with Gasteiger partial charge in [0.25, 0.3) is 5.91 Å². The third-order valence-corrected chi connectivity index (χ3v) is 8.35. The van der Waals surface area contributed by atoms with Crippen LogP contribution in [0.3, 0.4) is 0 Å². The van der Waals surface area contributed by atoms with E-state index in [1.807, 2.05) is 0 Å². The van der Waals surface area contributed by atoms with E-state index >= 15 is 0 Å². The minimum absolute atomic E-state index is 0.101. The van der Waals surface area contributed by atoms with E-state index in [1.165, 1.54) is 33.8 Å². The summed E-state index contributed by atoms with van der Waals surface area (Å²) in [5, 5.41) is 48.0. The minimum atomic E-state index is -1.23. The summed E-state index contributed by atoms with van der Waals surface area (Å²) < 4.78 is 2.21. The smallest absolute Gasteiger partial charge is 0.352 e. The van der Waals surface area contributed by atoms with Crippen LogP contribution in [0.5, 0.6) is 0 Å². The number of aliphatic hydroxyl groups is 1. The lowest BCUT2D eigenvalue weighted by molar-refractivity contribution is -0.150. The molecule has 2 atom stereocenters. The highest BCUT2D eigenvalue weighted by atomic mass is 32.2. The maximum Gasteiger partial charge on any atom is 0.352 e. The number of thioether (sulfide) groups is 2. The Morgan fingerprint density at radius 2 is 2.15 bits per heavy atom. The fourth-order valence-electron chi connectivity index (χ4n) is 3.41. The summed E-state index contributed by atoms with van der Waals surface area (Å²) in [7, 11) is 1.69. The van der Waals surface area contributed by atoms with Crippen LogP contribution in [-0.4, -0.2) is 80.5 Å². The fraction of sp³-hybridized carbons (Fsp3) is 0.412. The van der Waals surface area contributed by atoms with E-state index < -0.39 is 29.2 Å². The first-order valence-corrected chi connectivity index (χ1v) is 12.4. The van der Waals surface area contributed by atoms with E-state index in [0.717, 1.165) is 11.3 Å². The van der Waals surface area contributed by atoms with Crippen LogP contribution in [0.4, 0.5) is 0 Å². The molecule has 1 fully saturated rings. The van der Waals surface area contributed by atoms with Gasteiger partial charge in [-0.2, -0.15) is 4.73 Å². The highest BCUT2D eigenvalue weighted by Gasteiger charge is 2.54. The number of carboxylic acid groups (broad SMARTS) is 1. The first-order chi connectivity index (χ1) is 15.7. The molecule has 2 amide bonds. The molecule has 2 aromatic heterocycles. The molecule has 33 heavy (non-hydrogen) atoms. The predicted molar refractivity (Wildman–Crippen MR) is 116 cm³/mol. The Labute approximate surface area is 198 Å². The minimum Gasteiger partial charge on any atom is -0.477 e. The third-order valence-electron chi connectivity index (χ3n) is 5.12. The van der Waals surface area contributed by atoms with Gasteiger partial charge < -0.3 is 25.3 Å². The number of aliphatic hydroxyl groups excluding tert-OH is 1. The number of aromatic nitrogens is 4. The molecule has 4 heterocycles. The summed E-state index contributed by atoms with van der Waals surface area (Å²) in [6, 6.07) is -0.877. The predicted octanol–water partition coefficient (Wildman–Crippen LogP) is -1.04. The van der Waals surface area contributed by atoms with Crippen LogP contribution in [-0.2, 0) is 34.5 Å². The molecule has 16 heteroatoms. The quantitative estimate of drug-likeness (QED) is 0.166. The number of hydrogen-bond acceptors (Lipinski definition) is 11. The topological polar surface area (TPSA) is 187 Å². The molecule has 1 unspecified atom stereocenters. The maximum atomic E-state index is 12.7. The zero-order valence-corrected chi connectivity index (χ0v) is 19.5. The van der Waals surface area contributed by atoms with Gasteiger partial charge >= 0.3 is 5.97 Å². The standard InChI is InChI=1S/C17H19N7O6S3/c1-22-9(3-25)20-21-17(22)33-5-7-4-31-14-11(13(27)23(14)12(7)15(28)29)19-10(26)2-8-6-32-16(18)24(8)30/h6,11,14,18,25,30H,2-5H2,1H3,(H,19,26)(H,28,29)/t11?,14-/m0/s1. The van der Waals surface area contributed by atoms with E-state index in [2.05, 4.69) is 15.5 Å². The Hall–Kier alpha value is -2.82. The monoisotopic (exact) mass is 513 g/mol. The zero-order chi connectivity index (χ0) is 23.9. The normalized spacial score (nSPS) is 19.9. The number of carbonyl (C=O) groups excluding carboxylic acids is 2. The van der Waals surface area contributed by atoms with E-state index in [-0.39, 0.29) is 35.0 Å². The molecule has 2 aliphatic heterocycles. The van der Waals surface area contributed by atoms with Crippen molar-refractivity contribution < 1.29 is 29.8 Å². The fourth-order valence-corrected chi connectivity index (χ4v) is 6.48. The van der Waals surface area contributed by atoms with Crippen molar-refractivity contribution in [2.45, 2.75) is 29.6 Å². The second-order valence-electron chi connectivity index (χ2n) is 7.14. The molecule has 2 aliphatic rings. The van der Waals surface area contributed by atoms with Crippen LogP contribution >= 0.6 is 34.9 Å². The maximum absolute atomic E-state index is 12.7. The van der Waals surface area contributed by atoms with Crippen molar-refractivity contribution in [2.75, 3.05) is 11.5 Å². The molecular weight excluding hydrogens is 494 g/mol. The van der Waals surface area contributed by atoms with Crippen LogP contribution in [0.25, 0.3) is 0 Å². The van der Waals surface area contributed by atoms with Gasteiger partial charge in [-0.25, -0.2) is 4.79 Å². The van der Waals surface area contributed by atoms with Crippen LogP contribution in [0.15, 0.2) is 21.8 Å². The highest BCUT2D eigenvalue weighted by Crippen LogP contribution is 2.41. The second-order valence-corrected chi connectivity index (χ2v) is 10.0. The molecule has 0 radical (unpaired) electrons. The van der Waals surface area contributed by atoms with Gasteiger partial charge in [0, 0.05) is 23.9 Å². The number of rotatable bonds is 8. The average molecular weight is 514 g/mol. The molecule has 5 N–H and O–H groups in total. The highest BCUT2D eigenvalue weighted by molar-refractivity contribution is 8.01. The molecule has 0 aliphatic carbocycles. The summed E-state index contributed by atoms with van der Waals surface area (Å²) in [6.07, 6.45) is -0.218. The summed E-state index contributed by atoms with van der Waals surface area (Å²) in [5.74, 6) is -1.27. The molecule has 2 aromatic rings. The number of nitrogens with zero attached hydrogens (tertiary/aromatic N) is 5. The largest absolute Gasteiger partial charge is 0.477 e. The first-order valence-electron chi connectivity index (χ1n) is 9.47. The Balaban J connectivity index is 1.44. The molecule has 0 saturated carbocycles. The van der Waals surface area contributed by atoms with Crippen LogP contribution in [0, 0.1) is 5.41 Å². The van der Waals surface area contributed by atoms with Crippen molar-refractivity contribution in [3.05, 3.63) is 33.0 Å². The average Bonchev–Trinajstić information content (AvgIpc) is 3.31. The second kappa shape index (κ2) is 9.20. The zero-order valence-electron chi connectivity index (χ0n) is 17.1. The van der Waals surface area contributed by atoms with Crippen molar-refractivity contribution in [1.82, 2.24) is 29.7 Å². The summed E-state index contributed by atoms with van der Waals surface area (Å²) in [4.78, 5) is 38.1. The van der Waals surface area contributed by atoms with Crippen molar-refractivity contribution >= 4 is 52.6 Å². The van der Waals surface area contributed by atoms with E-state index in [0.29, 0.717) is 27.0 Å². The SMILES string of the molecule is Cn1c(CO)nnc1SCC1=C(C(=O)O)N2C(=O)C(NC(=O)Cc3csc(=N)n3O)[C@@H]2SC1. The molecule has 0 bridgehead atoms. The van der Waals surface area contributed by atoms with E-state index in [1.54, 1.807) is 11.6 Å².